The van der Waals surface area contributed by atoms with E-state index >= 15 is 0 Å². The van der Waals surface area contributed by atoms with Crippen LogP contribution in [0, 0.1) is 5.82 Å². The van der Waals surface area contributed by atoms with Gasteiger partial charge in [0.25, 0.3) is 0 Å². The molecule has 6 heteroatoms. The van der Waals surface area contributed by atoms with Crippen molar-refractivity contribution >= 4 is 10.0 Å². The molecule has 0 bridgehead atoms. The summed E-state index contributed by atoms with van der Waals surface area (Å²) in [4.78, 5) is 2.39. The Balaban J connectivity index is 2.01. The first-order chi connectivity index (χ1) is 10.9. The minimum absolute atomic E-state index is 0.0851. The van der Waals surface area contributed by atoms with Gasteiger partial charge in [0.2, 0.25) is 10.0 Å². The fourth-order valence-corrected chi connectivity index (χ4v) is 4.45. The van der Waals surface area contributed by atoms with Crippen LogP contribution in [0.4, 0.5) is 4.39 Å². The van der Waals surface area contributed by atoms with Crippen molar-refractivity contribution in [1.29, 1.82) is 0 Å². The minimum Gasteiger partial charge on any atom is -0.296 e. The van der Waals surface area contributed by atoms with E-state index in [-0.39, 0.29) is 23.7 Å². The third-order valence-corrected chi connectivity index (χ3v) is 6.80. The molecule has 1 heterocycles. The maximum absolute atomic E-state index is 13.1. The summed E-state index contributed by atoms with van der Waals surface area (Å²) in [6.45, 7) is 5.55. The van der Waals surface area contributed by atoms with Gasteiger partial charge in [-0.05, 0) is 43.9 Å². The van der Waals surface area contributed by atoms with Crippen molar-refractivity contribution in [3.8, 4) is 0 Å². The van der Waals surface area contributed by atoms with Crippen LogP contribution in [0.2, 0.25) is 0 Å². The summed E-state index contributed by atoms with van der Waals surface area (Å²) in [5, 5.41) is 0. The van der Waals surface area contributed by atoms with Gasteiger partial charge < -0.3 is 0 Å². The van der Waals surface area contributed by atoms with Gasteiger partial charge in [0.15, 0.2) is 0 Å². The Morgan fingerprint density at radius 1 is 1.22 bits per heavy atom. The van der Waals surface area contributed by atoms with Crippen molar-refractivity contribution in [3.05, 3.63) is 35.6 Å². The Hall–Kier alpha value is -0.980. The molecule has 0 unspecified atom stereocenters. The van der Waals surface area contributed by atoms with E-state index in [2.05, 4.69) is 11.8 Å². The SMILES string of the molecule is CC[C@H](c1ccc(F)cc1)N1CCC(N(C)S(=O)(=O)CC)CC1. The molecule has 23 heavy (non-hydrogen) atoms. The van der Waals surface area contributed by atoms with E-state index in [1.807, 2.05) is 12.1 Å². The number of piperidine rings is 1. The van der Waals surface area contributed by atoms with E-state index in [0.717, 1.165) is 37.9 Å². The summed E-state index contributed by atoms with van der Waals surface area (Å²) < 4.78 is 38.7. The number of rotatable bonds is 6. The van der Waals surface area contributed by atoms with Crippen LogP contribution in [-0.4, -0.2) is 49.6 Å². The van der Waals surface area contributed by atoms with Crippen molar-refractivity contribution in [2.75, 3.05) is 25.9 Å². The molecule has 0 spiro atoms. The van der Waals surface area contributed by atoms with Crippen LogP contribution in [0.5, 0.6) is 0 Å². The number of hydrogen-bond acceptors (Lipinski definition) is 3. The Kier molecular flexibility index (Phi) is 6.17. The molecule has 1 aromatic carbocycles. The van der Waals surface area contributed by atoms with Gasteiger partial charge in [-0.3, -0.25) is 4.90 Å². The Bertz CT molecular complexity index is 596. The van der Waals surface area contributed by atoms with Gasteiger partial charge in [0.1, 0.15) is 5.82 Å². The van der Waals surface area contributed by atoms with Crippen molar-refractivity contribution in [2.24, 2.45) is 0 Å². The van der Waals surface area contributed by atoms with Crippen molar-refractivity contribution in [2.45, 2.75) is 45.2 Å². The molecule has 0 aromatic heterocycles. The molecule has 0 amide bonds. The Morgan fingerprint density at radius 3 is 2.26 bits per heavy atom. The average molecular weight is 342 g/mol. The smallest absolute Gasteiger partial charge is 0.213 e. The number of benzene rings is 1. The van der Waals surface area contributed by atoms with Crippen LogP contribution in [0.1, 0.15) is 44.7 Å². The van der Waals surface area contributed by atoms with Gasteiger partial charge in [0, 0.05) is 32.2 Å². The Morgan fingerprint density at radius 2 is 1.78 bits per heavy atom. The highest BCUT2D eigenvalue weighted by molar-refractivity contribution is 7.89. The van der Waals surface area contributed by atoms with Gasteiger partial charge in [-0.15, -0.1) is 0 Å². The number of hydrogen-bond donors (Lipinski definition) is 0. The molecule has 1 saturated heterocycles. The standard InChI is InChI=1S/C17H27FN2O2S/c1-4-17(14-6-8-15(18)9-7-14)20-12-10-16(11-13-20)19(3)23(21,22)5-2/h6-9,16-17H,4-5,10-13H2,1-3H3/t17-/m1/s1. The van der Waals surface area contributed by atoms with Crippen LogP contribution in [0.15, 0.2) is 24.3 Å². The molecule has 1 fully saturated rings. The predicted molar refractivity (Wildman–Crippen MR) is 91.3 cm³/mol. The van der Waals surface area contributed by atoms with Crippen LogP contribution in [0.25, 0.3) is 0 Å². The third kappa shape index (κ3) is 4.31. The second kappa shape index (κ2) is 7.73. The number of nitrogens with zero attached hydrogens (tertiary/aromatic N) is 2. The van der Waals surface area contributed by atoms with Crippen molar-refractivity contribution < 1.29 is 12.8 Å². The lowest BCUT2D eigenvalue weighted by atomic mass is 9.97. The molecule has 0 radical (unpaired) electrons. The van der Waals surface area contributed by atoms with Crippen molar-refractivity contribution in [3.63, 3.8) is 0 Å². The quantitative estimate of drug-likeness (QED) is 0.798. The molecule has 0 aliphatic carbocycles. The molecule has 1 aliphatic heterocycles. The van der Waals surface area contributed by atoms with Gasteiger partial charge >= 0.3 is 0 Å². The largest absolute Gasteiger partial charge is 0.296 e. The van der Waals surface area contributed by atoms with E-state index in [9.17, 15) is 12.8 Å². The van der Waals surface area contributed by atoms with Crippen LogP contribution in [0.3, 0.4) is 0 Å². The number of halogens is 1. The maximum Gasteiger partial charge on any atom is 0.213 e. The van der Waals surface area contributed by atoms with Crippen LogP contribution < -0.4 is 0 Å². The first kappa shape index (κ1) is 18.4. The summed E-state index contributed by atoms with van der Waals surface area (Å²) in [7, 11) is -1.43. The second-order valence-corrected chi connectivity index (χ2v) is 8.48. The van der Waals surface area contributed by atoms with Crippen molar-refractivity contribution in [1.82, 2.24) is 9.21 Å². The zero-order valence-corrected chi connectivity index (χ0v) is 15.0. The monoisotopic (exact) mass is 342 g/mol. The van der Waals surface area contributed by atoms with E-state index in [1.54, 1.807) is 18.3 Å². The van der Waals surface area contributed by atoms with Gasteiger partial charge in [-0.25, -0.2) is 17.1 Å². The minimum atomic E-state index is -3.12. The summed E-state index contributed by atoms with van der Waals surface area (Å²) in [6, 6.07) is 7.07. The van der Waals surface area contributed by atoms with E-state index in [4.69, 9.17) is 0 Å². The second-order valence-electron chi connectivity index (χ2n) is 6.16. The zero-order chi connectivity index (χ0) is 17.0. The number of likely N-dealkylation sites (tertiary alicyclic amines) is 1. The van der Waals surface area contributed by atoms with Gasteiger partial charge in [-0.2, -0.15) is 0 Å². The molecule has 2 rings (SSSR count). The molecule has 0 N–H and O–H groups in total. The lowest BCUT2D eigenvalue weighted by molar-refractivity contribution is 0.122. The lowest BCUT2D eigenvalue weighted by Gasteiger charge is -2.40. The van der Waals surface area contributed by atoms with Crippen LogP contribution >= 0.6 is 0 Å². The van der Waals surface area contributed by atoms with E-state index in [0.29, 0.717) is 0 Å². The molecular formula is C17H27FN2O2S. The zero-order valence-electron chi connectivity index (χ0n) is 14.2. The number of sulfonamides is 1. The maximum atomic E-state index is 13.1. The predicted octanol–water partition coefficient (Wildman–Crippen LogP) is 3.02. The lowest BCUT2D eigenvalue weighted by Crippen LogP contribution is -2.46. The molecular weight excluding hydrogens is 315 g/mol. The first-order valence-electron chi connectivity index (χ1n) is 8.34. The fraction of sp³-hybridized carbons (Fsp3) is 0.647. The highest BCUT2D eigenvalue weighted by atomic mass is 32.2. The van der Waals surface area contributed by atoms with Gasteiger partial charge in [-0.1, -0.05) is 19.1 Å². The topological polar surface area (TPSA) is 40.6 Å². The molecule has 1 atom stereocenters. The molecule has 0 saturated carbocycles. The Labute approximate surface area is 139 Å². The van der Waals surface area contributed by atoms with Gasteiger partial charge in [0.05, 0.1) is 5.75 Å². The normalized spacial score (nSPS) is 19.2. The highest BCUT2D eigenvalue weighted by Gasteiger charge is 2.31. The average Bonchev–Trinajstić information content (AvgIpc) is 2.57. The van der Waals surface area contributed by atoms with E-state index in [1.165, 1.54) is 12.1 Å². The van der Waals surface area contributed by atoms with E-state index < -0.39 is 10.0 Å². The molecule has 4 nitrogen and oxygen atoms in total. The summed E-state index contributed by atoms with van der Waals surface area (Å²) in [5.41, 5.74) is 1.13. The molecule has 130 valence electrons. The molecule has 1 aromatic rings. The first-order valence-corrected chi connectivity index (χ1v) is 9.95. The fourth-order valence-electron chi connectivity index (χ4n) is 3.38. The summed E-state index contributed by atoms with van der Waals surface area (Å²) in [5.74, 6) is -0.0645. The molecule has 1 aliphatic rings. The third-order valence-electron chi connectivity index (χ3n) is 4.90. The summed E-state index contributed by atoms with van der Waals surface area (Å²) in [6.07, 6.45) is 2.64. The highest BCUT2D eigenvalue weighted by Crippen LogP contribution is 2.29. The van der Waals surface area contributed by atoms with Crippen LogP contribution in [-0.2, 0) is 10.0 Å². The summed E-state index contributed by atoms with van der Waals surface area (Å²) >= 11 is 0.